The molecule has 0 radical (unpaired) electrons. The van der Waals surface area contributed by atoms with Crippen LogP contribution in [0, 0.1) is 18.8 Å². The zero-order valence-electron chi connectivity index (χ0n) is 16.5. The molecule has 2 aliphatic rings. The zero-order chi connectivity index (χ0) is 19.3. The minimum absolute atomic E-state index is 0. The maximum Gasteiger partial charge on any atom is 0.243 e. The first-order chi connectivity index (χ1) is 13.0. The first-order valence-electron chi connectivity index (χ1n) is 10.0. The van der Waals surface area contributed by atoms with Crippen LogP contribution in [0.4, 0.5) is 0 Å². The number of nitrogens with one attached hydrogen (secondary N) is 2. The molecule has 0 aliphatic carbocycles. The monoisotopic (exact) mass is 429 g/mol. The molecule has 0 aromatic heterocycles. The molecule has 2 heterocycles. The zero-order valence-corrected chi connectivity index (χ0v) is 18.2. The molecule has 28 heavy (non-hydrogen) atoms. The average Bonchev–Trinajstić information content (AvgIpc) is 2.69. The van der Waals surface area contributed by atoms with Crippen molar-refractivity contribution in [3.8, 4) is 0 Å². The second kappa shape index (κ2) is 10.6. The van der Waals surface area contributed by atoms with E-state index in [1.54, 1.807) is 24.3 Å². The summed E-state index contributed by atoms with van der Waals surface area (Å²) in [4.78, 5) is 12.8. The number of aryl methyl sites for hydroxylation is 1. The van der Waals surface area contributed by atoms with Crippen LogP contribution in [-0.2, 0) is 14.8 Å². The summed E-state index contributed by atoms with van der Waals surface area (Å²) in [5, 5.41) is 6.42. The third-order valence-electron chi connectivity index (χ3n) is 5.66. The highest BCUT2D eigenvalue weighted by atomic mass is 35.5. The van der Waals surface area contributed by atoms with Crippen LogP contribution in [0.15, 0.2) is 29.2 Å². The molecule has 2 atom stereocenters. The summed E-state index contributed by atoms with van der Waals surface area (Å²) < 4.78 is 27.2. The van der Waals surface area contributed by atoms with E-state index in [2.05, 4.69) is 10.6 Å². The summed E-state index contributed by atoms with van der Waals surface area (Å²) in [6.45, 7) is 5.48. The molecule has 158 valence electrons. The van der Waals surface area contributed by atoms with Gasteiger partial charge >= 0.3 is 0 Å². The maximum absolute atomic E-state index is 12.9. The summed E-state index contributed by atoms with van der Waals surface area (Å²) >= 11 is 0. The van der Waals surface area contributed by atoms with Crippen molar-refractivity contribution in [2.45, 2.75) is 43.9 Å². The molecule has 2 N–H and O–H groups in total. The van der Waals surface area contributed by atoms with Crippen molar-refractivity contribution in [2.75, 3.05) is 32.7 Å². The van der Waals surface area contributed by atoms with Gasteiger partial charge in [0.05, 0.1) is 10.8 Å². The van der Waals surface area contributed by atoms with Crippen molar-refractivity contribution in [3.63, 3.8) is 0 Å². The third kappa shape index (κ3) is 5.92. The lowest BCUT2D eigenvalue weighted by Crippen LogP contribution is -2.45. The lowest BCUT2D eigenvalue weighted by atomic mass is 9.95. The van der Waals surface area contributed by atoms with Gasteiger partial charge < -0.3 is 10.6 Å². The predicted molar refractivity (Wildman–Crippen MR) is 113 cm³/mol. The number of carbonyl (C=O) groups excluding carboxylic acids is 1. The quantitative estimate of drug-likeness (QED) is 0.727. The van der Waals surface area contributed by atoms with Crippen LogP contribution in [0.5, 0.6) is 0 Å². The van der Waals surface area contributed by atoms with E-state index >= 15 is 0 Å². The fraction of sp³-hybridized carbons (Fsp3) is 0.650. The van der Waals surface area contributed by atoms with Gasteiger partial charge in [0.15, 0.2) is 0 Å². The first kappa shape index (κ1) is 23.1. The number of halogens is 1. The van der Waals surface area contributed by atoms with E-state index in [4.69, 9.17) is 0 Å². The predicted octanol–water partition coefficient (Wildman–Crippen LogP) is 2.32. The second-order valence-corrected chi connectivity index (χ2v) is 9.75. The van der Waals surface area contributed by atoms with Crippen molar-refractivity contribution in [3.05, 3.63) is 29.8 Å². The SMILES string of the molecule is Cc1ccc(S(=O)(=O)N2CCCC(C(=O)NCCC3CCCNC3)C2)cc1.Cl. The fourth-order valence-corrected chi connectivity index (χ4v) is 5.47. The van der Waals surface area contributed by atoms with E-state index < -0.39 is 10.0 Å². The van der Waals surface area contributed by atoms with Crippen LogP contribution >= 0.6 is 12.4 Å². The number of amides is 1. The summed E-state index contributed by atoms with van der Waals surface area (Å²) in [7, 11) is -3.54. The highest BCUT2D eigenvalue weighted by Gasteiger charge is 2.33. The van der Waals surface area contributed by atoms with E-state index in [0.717, 1.165) is 37.9 Å². The van der Waals surface area contributed by atoms with E-state index in [-0.39, 0.29) is 30.8 Å². The molecule has 2 saturated heterocycles. The van der Waals surface area contributed by atoms with Gasteiger partial charge in [-0.15, -0.1) is 12.4 Å². The lowest BCUT2D eigenvalue weighted by Gasteiger charge is -2.31. The van der Waals surface area contributed by atoms with Crippen LogP contribution in [0.3, 0.4) is 0 Å². The van der Waals surface area contributed by atoms with Crippen LogP contribution < -0.4 is 10.6 Å². The second-order valence-electron chi connectivity index (χ2n) is 7.81. The molecule has 2 aliphatic heterocycles. The van der Waals surface area contributed by atoms with Crippen LogP contribution in [0.1, 0.15) is 37.7 Å². The summed E-state index contributed by atoms with van der Waals surface area (Å²) in [5.74, 6) is 0.356. The Hall–Kier alpha value is -1.15. The average molecular weight is 430 g/mol. The Balaban J connectivity index is 0.00000280. The van der Waals surface area contributed by atoms with Gasteiger partial charge in [-0.3, -0.25) is 4.79 Å². The Morgan fingerprint density at radius 3 is 2.64 bits per heavy atom. The number of benzene rings is 1. The van der Waals surface area contributed by atoms with E-state index in [9.17, 15) is 13.2 Å². The number of nitrogens with zero attached hydrogens (tertiary/aromatic N) is 1. The number of carbonyl (C=O) groups is 1. The minimum atomic E-state index is -3.54. The Labute approximate surface area is 174 Å². The summed E-state index contributed by atoms with van der Waals surface area (Å²) in [6, 6.07) is 6.90. The molecule has 0 spiro atoms. The molecule has 2 unspecified atom stereocenters. The normalized spacial score (nSPS) is 23.6. The summed E-state index contributed by atoms with van der Waals surface area (Å²) in [6.07, 6.45) is 4.87. The molecule has 2 fully saturated rings. The number of sulfonamides is 1. The number of hydrogen-bond donors (Lipinski definition) is 2. The minimum Gasteiger partial charge on any atom is -0.356 e. The van der Waals surface area contributed by atoms with Gasteiger partial charge in [-0.1, -0.05) is 17.7 Å². The highest BCUT2D eigenvalue weighted by molar-refractivity contribution is 7.89. The Morgan fingerprint density at radius 1 is 1.21 bits per heavy atom. The first-order valence-corrected chi connectivity index (χ1v) is 11.5. The van der Waals surface area contributed by atoms with Gasteiger partial charge in [0.25, 0.3) is 0 Å². The highest BCUT2D eigenvalue weighted by Crippen LogP contribution is 2.24. The Bertz CT molecular complexity index is 734. The molecule has 1 aromatic carbocycles. The number of rotatable bonds is 6. The molecule has 8 heteroatoms. The standard InChI is InChI=1S/C20H31N3O3S.ClH/c1-16-6-8-19(9-7-16)27(25,26)23-13-3-5-18(15-23)20(24)22-12-10-17-4-2-11-21-14-17;/h6-9,17-18,21H,2-5,10-15H2,1H3,(H,22,24);1H. The molecular formula is C20H32ClN3O3S. The number of hydrogen-bond acceptors (Lipinski definition) is 4. The molecule has 1 aromatic rings. The molecule has 1 amide bonds. The van der Waals surface area contributed by atoms with Gasteiger partial charge in [0, 0.05) is 19.6 Å². The maximum atomic E-state index is 12.9. The summed E-state index contributed by atoms with van der Waals surface area (Å²) in [5.41, 5.74) is 1.03. The van der Waals surface area contributed by atoms with Crippen molar-refractivity contribution in [1.82, 2.24) is 14.9 Å². The van der Waals surface area contributed by atoms with E-state index in [1.807, 2.05) is 6.92 Å². The van der Waals surface area contributed by atoms with Crippen molar-refractivity contribution < 1.29 is 13.2 Å². The van der Waals surface area contributed by atoms with Crippen molar-refractivity contribution in [2.24, 2.45) is 11.8 Å². The van der Waals surface area contributed by atoms with Gasteiger partial charge in [-0.2, -0.15) is 4.31 Å². The molecule has 3 rings (SSSR count). The molecular weight excluding hydrogens is 398 g/mol. The third-order valence-corrected chi connectivity index (χ3v) is 7.54. The van der Waals surface area contributed by atoms with E-state index in [0.29, 0.717) is 23.9 Å². The smallest absolute Gasteiger partial charge is 0.243 e. The Kier molecular flexibility index (Phi) is 8.74. The van der Waals surface area contributed by atoms with Crippen molar-refractivity contribution >= 4 is 28.3 Å². The van der Waals surface area contributed by atoms with E-state index in [1.165, 1.54) is 17.1 Å². The van der Waals surface area contributed by atoms with Gasteiger partial charge in [0.1, 0.15) is 0 Å². The number of piperidine rings is 2. The molecule has 6 nitrogen and oxygen atoms in total. The molecule has 0 saturated carbocycles. The molecule has 0 bridgehead atoms. The lowest BCUT2D eigenvalue weighted by molar-refractivity contribution is -0.126. The van der Waals surface area contributed by atoms with Gasteiger partial charge in [-0.05, 0) is 70.2 Å². The van der Waals surface area contributed by atoms with Crippen LogP contribution in [0.2, 0.25) is 0 Å². The largest absolute Gasteiger partial charge is 0.356 e. The topological polar surface area (TPSA) is 78.5 Å². The van der Waals surface area contributed by atoms with Gasteiger partial charge in [0.2, 0.25) is 15.9 Å². The van der Waals surface area contributed by atoms with Crippen LogP contribution in [-0.4, -0.2) is 51.4 Å². The van der Waals surface area contributed by atoms with Gasteiger partial charge in [-0.25, -0.2) is 8.42 Å². The Morgan fingerprint density at radius 2 is 1.96 bits per heavy atom. The van der Waals surface area contributed by atoms with Crippen molar-refractivity contribution in [1.29, 1.82) is 0 Å². The van der Waals surface area contributed by atoms with Crippen LogP contribution in [0.25, 0.3) is 0 Å². The fourth-order valence-electron chi connectivity index (χ4n) is 3.95.